The van der Waals surface area contributed by atoms with Gasteiger partial charge in [-0.15, -0.1) is 11.3 Å². The Morgan fingerprint density at radius 1 is 1.59 bits per heavy atom. The summed E-state index contributed by atoms with van der Waals surface area (Å²) in [6.07, 6.45) is 4.21. The number of carboxylic acid groups (broad SMARTS) is 1. The smallest absolute Gasteiger partial charge is 0.410 e. The fraction of sp³-hybridized carbons (Fsp3) is 0.632. The predicted molar refractivity (Wildman–Crippen MR) is 112 cm³/mol. The van der Waals surface area contributed by atoms with Gasteiger partial charge in [-0.25, -0.2) is 14.6 Å². The van der Waals surface area contributed by atoms with E-state index < -0.39 is 12.1 Å². The molecular formula is C19H28N2O6S2. The third-order valence-electron chi connectivity index (χ3n) is 4.76. The van der Waals surface area contributed by atoms with Crippen LogP contribution in [0.5, 0.6) is 0 Å². The summed E-state index contributed by atoms with van der Waals surface area (Å²) in [5, 5.41) is 20.9. The molecule has 10 heteroatoms. The van der Waals surface area contributed by atoms with Gasteiger partial charge in [0.15, 0.2) is 10.0 Å². The van der Waals surface area contributed by atoms with Gasteiger partial charge in [0.25, 0.3) is 0 Å². The van der Waals surface area contributed by atoms with E-state index in [1.54, 1.807) is 18.1 Å². The van der Waals surface area contributed by atoms with Crippen molar-refractivity contribution >= 4 is 35.2 Å². The minimum Gasteiger partial charge on any atom is -0.476 e. The fourth-order valence-electron chi connectivity index (χ4n) is 2.85. The molecule has 0 unspecified atom stereocenters. The van der Waals surface area contributed by atoms with Crippen LogP contribution in [0, 0.1) is 5.41 Å². The molecule has 1 fully saturated rings. The lowest BCUT2D eigenvalue weighted by Gasteiger charge is -2.29. The summed E-state index contributed by atoms with van der Waals surface area (Å²) >= 11 is 2.67. The van der Waals surface area contributed by atoms with E-state index in [0.29, 0.717) is 23.2 Å². The number of amides is 1. The van der Waals surface area contributed by atoms with Crippen LogP contribution in [0.3, 0.4) is 0 Å². The van der Waals surface area contributed by atoms with Crippen LogP contribution in [0.2, 0.25) is 0 Å². The van der Waals surface area contributed by atoms with Crippen LogP contribution in [-0.2, 0) is 9.47 Å². The highest BCUT2D eigenvalue weighted by Crippen LogP contribution is 2.28. The summed E-state index contributed by atoms with van der Waals surface area (Å²) in [5.41, 5.74) is -0.271. The number of thioether (sulfide) groups is 1. The summed E-state index contributed by atoms with van der Waals surface area (Å²) in [5.74, 6) is -0.484. The quantitative estimate of drug-likeness (QED) is 0.287. The fourth-order valence-corrected chi connectivity index (χ4v) is 4.66. The van der Waals surface area contributed by atoms with Crippen LogP contribution in [0.1, 0.15) is 37.2 Å². The van der Waals surface area contributed by atoms with Crippen molar-refractivity contribution in [1.29, 1.82) is 0 Å². The largest absolute Gasteiger partial charge is 0.476 e. The molecule has 1 aromatic rings. The number of aromatic nitrogens is 1. The van der Waals surface area contributed by atoms with Crippen molar-refractivity contribution in [2.24, 2.45) is 5.41 Å². The number of cyclic esters (lactones) is 1. The average molecular weight is 445 g/mol. The number of carbonyl (C=O) groups is 2. The number of hydrogen-bond donors (Lipinski definition) is 2. The highest BCUT2D eigenvalue weighted by Gasteiger charge is 2.32. The normalized spacial score (nSPS) is 18.4. The molecular weight excluding hydrogens is 416 g/mol. The molecule has 29 heavy (non-hydrogen) atoms. The number of carbonyl (C=O) groups excluding carboxylic acids is 1. The Hall–Kier alpha value is -1.62. The zero-order chi connectivity index (χ0) is 21.4. The average Bonchev–Trinajstić information content (AvgIpc) is 3.27. The second-order valence-electron chi connectivity index (χ2n) is 7.40. The number of ether oxygens (including phenoxy) is 2. The molecule has 2 heterocycles. The number of thiazole rings is 1. The van der Waals surface area contributed by atoms with Gasteiger partial charge in [-0.1, -0.05) is 37.8 Å². The number of aliphatic hydroxyl groups excluding tert-OH is 1. The van der Waals surface area contributed by atoms with E-state index in [1.807, 2.05) is 19.9 Å². The summed E-state index contributed by atoms with van der Waals surface area (Å²) < 4.78 is 10.9. The second-order valence-corrected chi connectivity index (χ2v) is 9.60. The van der Waals surface area contributed by atoms with Crippen molar-refractivity contribution in [3.05, 3.63) is 23.2 Å². The van der Waals surface area contributed by atoms with Gasteiger partial charge in [-0.05, 0) is 18.3 Å². The van der Waals surface area contributed by atoms with Crippen molar-refractivity contribution in [2.45, 2.75) is 43.2 Å². The molecule has 1 aliphatic heterocycles. The first kappa shape index (κ1) is 23.7. The first-order chi connectivity index (χ1) is 13.7. The minimum absolute atomic E-state index is 0.0287. The predicted octanol–water partition coefficient (Wildman–Crippen LogP) is 3.12. The molecule has 2 rings (SSSR count). The Kier molecular flexibility index (Phi) is 8.94. The van der Waals surface area contributed by atoms with Crippen molar-refractivity contribution in [1.82, 2.24) is 9.88 Å². The molecule has 0 aliphatic carbocycles. The topological polar surface area (TPSA) is 109 Å². The van der Waals surface area contributed by atoms with E-state index in [4.69, 9.17) is 14.6 Å². The third-order valence-corrected chi connectivity index (χ3v) is 6.76. The lowest BCUT2D eigenvalue weighted by molar-refractivity contribution is 0.0690. The Morgan fingerprint density at radius 2 is 2.34 bits per heavy atom. The number of aromatic carboxylic acids is 1. The van der Waals surface area contributed by atoms with Gasteiger partial charge in [0.2, 0.25) is 0 Å². The van der Waals surface area contributed by atoms with Gasteiger partial charge in [0.1, 0.15) is 6.61 Å². The lowest BCUT2D eigenvalue weighted by Crippen LogP contribution is -2.35. The molecule has 2 atom stereocenters. The van der Waals surface area contributed by atoms with Crippen molar-refractivity contribution in [3.63, 3.8) is 0 Å². The maximum absolute atomic E-state index is 12.0. The highest BCUT2D eigenvalue weighted by molar-refractivity contribution is 8.01. The molecule has 0 spiro atoms. The van der Waals surface area contributed by atoms with Gasteiger partial charge >= 0.3 is 12.1 Å². The van der Waals surface area contributed by atoms with E-state index in [2.05, 4.69) is 4.98 Å². The van der Waals surface area contributed by atoms with Crippen molar-refractivity contribution in [2.75, 3.05) is 32.6 Å². The number of methoxy groups -OCH3 is 1. The molecule has 8 nitrogen and oxygen atoms in total. The van der Waals surface area contributed by atoms with E-state index in [-0.39, 0.29) is 29.9 Å². The second kappa shape index (κ2) is 11.0. The molecule has 0 bridgehead atoms. The van der Waals surface area contributed by atoms with Crippen LogP contribution in [0.25, 0.3) is 0 Å². The van der Waals surface area contributed by atoms with E-state index in [1.165, 1.54) is 28.5 Å². The molecule has 0 aromatic carbocycles. The Morgan fingerprint density at radius 3 is 3.00 bits per heavy atom. The van der Waals surface area contributed by atoms with Gasteiger partial charge in [-0.3, -0.25) is 4.90 Å². The number of carboxylic acids is 1. The van der Waals surface area contributed by atoms with E-state index in [9.17, 15) is 14.7 Å². The van der Waals surface area contributed by atoms with Crippen molar-refractivity contribution in [3.8, 4) is 0 Å². The van der Waals surface area contributed by atoms with Crippen LogP contribution in [-0.4, -0.2) is 76.9 Å². The third kappa shape index (κ3) is 6.98. The standard InChI is InChI=1S/C19H28N2O6S2/c1-19(2,7-4-9-26-3)15(22)6-5-13-11-27-18(25)21(13)8-10-28-17-20-14(12-29-17)16(23)24/h5-6,12-13,15,22H,4,7-11H2,1-3H3,(H,23,24)/t13-,15+/m0/s1. The van der Waals surface area contributed by atoms with Crippen LogP contribution in [0.4, 0.5) is 4.79 Å². The monoisotopic (exact) mass is 444 g/mol. The molecule has 1 aromatic heterocycles. The molecule has 1 amide bonds. The maximum Gasteiger partial charge on any atom is 0.410 e. The molecule has 0 radical (unpaired) electrons. The lowest BCUT2D eigenvalue weighted by atomic mass is 9.81. The zero-order valence-electron chi connectivity index (χ0n) is 16.9. The van der Waals surface area contributed by atoms with Crippen LogP contribution in [0.15, 0.2) is 21.9 Å². The van der Waals surface area contributed by atoms with E-state index >= 15 is 0 Å². The van der Waals surface area contributed by atoms with Gasteiger partial charge < -0.3 is 19.7 Å². The Bertz CT molecular complexity index is 721. The van der Waals surface area contributed by atoms with Crippen LogP contribution >= 0.6 is 23.1 Å². The Balaban J connectivity index is 1.86. The van der Waals surface area contributed by atoms with Gasteiger partial charge in [0, 0.05) is 31.4 Å². The number of rotatable bonds is 12. The highest BCUT2D eigenvalue weighted by atomic mass is 32.2. The molecule has 162 valence electrons. The molecule has 1 saturated heterocycles. The molecule has 2 N–H and O–H groups in total. The number of hydrogen-bond acceptors (Lipinski definition) is 8. The van der Waals surface area contributed by atoms with Gasteiger partial charge in [0.05, 0.1) is 12.1 Å². The first-order valence-corrected chi connectivity index (χ1v) is 11.2. The number of nitrogens with zero attached hydrogens (tertiary/aromatic N) is 2. The maximum atomic E-state index is 12.0. The summed E-state index contributed by atoms with van der Waals surface area (Å²) in [6, 6.07) is -0.238. The SMILES string of the molecule is COCCCC(C)(C)[C@H](O)C=C[C@H]1COC(=O)N1CCSc1nc(C(=O)O)cs1. The number of aliphatic hydroxyl groups is 1. The molecule has 1 aliphatic rings. The van der Waals surface area contributed by atoms with Crippen LogP contribution < -0.4 is 0 Å². The van der Waals surface area contributed by atoms with Gasteiger partial charge in [-0.2, -0.15) is 0 Å². The summed E-state index contributed by atoms with van der Waals surface area (Å²) in [7, 11) is 1.66. The first-order valence-electron chi connectivity index (χ1n) is 9.35. The van der Waals surface area contributed by atoms with Crippen molar-refractivity contribution < 1.29 is 29.3 Å². The summed E-state index contributed by atoms with van der Waals surface area (Å²) in [6.45, 7) is 5.35. The van der Waals surface area contributed by atoms with E-state index in [0.717, 1.165) is 12.8 Å². The zero-order valence-corrected chi connectivity index (χ0v) is 18.5. The minimum atomic E-state index is -1.05. The Labute approximate surface area is 178 Å². The summed E-state index contributed by atoms with van der Waals surface area (Å²) in [4.78, 5) is 28.5. The molecule has 0 saturated carbocycles.